The number of fused-ring (bicyclic) bond motifs is 9. The minimum Gasteiger partial charge on any atom is -0.309 e. The number of halogens is 29. The Labute approximate surface area is 596 Å². The second-order valence-corrected chi connectivity index (χ2v) is 25.1. The van der Waals surface area contributed by atoms with Crippen LogP contribution < -0.4 is 0 Å². The number of aromatic nitrogens is 3. The number of benzene rings is 13. The molecule has 16 aromatic rings. The van der Waals surface area contributed by atoms with E-state index in [1.807, 2.05) is 0 Å². The van der Waals surface area contributed by atoms with E-state index in [1.54, 1.807) is 0 Å². The van der Waals surface area contributed by atoms with E-state index in [-0.39, 0.29) is 50.2 Å². The summed E-state index contributed by atoms with van der Waals surface area (Å²) in [5.74, 6) is -70.1. The first-order valence-electron chi connectivity index (χ1n) is 31.4. The Bertz CT molecular complexity index is 5750. The lowest BCUT2D eigenvalue weighted by Crippen LogP contribution is -2.05. The van der Waals surface area contributed by atoms with E-state index in [2.05, 4.69) is 0 Å². The first-order chi connectivity index (χ1) is 52.6. The third kappa shape index (κ3) is 10.3. The van der Waals surface area contributed by atoms with Crippen molar-refractivity contribution < 1.29 is 127 Å². The smallest absolute Gasteiger partial charge is 0.200 e. The van der Waals surface area contributed by atoms with Gasteiger partial charge in [0.05, 0.1) is 83.5 Å². The van der Waals surface area contributed by atoms with Crippen molar-refractivity contribution in [3.8, 4) is 83.8 Å². The van der Waals surface area contributed by atoms with Gasteiger partial charge in [0.15, 0.2) is 140 Å². The van der Waals surface area contributed by atoms with E-state index in [4.69, 9.17) is 0 Å². The van der Waals surface area contributed by atoms with Crippen molar-refractivity contribution in [2.24, 2.45) is 0 Å². The van der Waals surface area contributed by atoms with Gasteiger partial charge in [0.1, 0.15) is 0 Å². The molecule has 0 aliphatic rings. The van der Waals surface area contributed by atoms with E-state index < -0.39 is 273 Å². The van der Waals surface area contributed by atoms with Crippen molar-refractivity contribution in [3.05, 3.63) is 302 Å². The summed E-state index contributed by atoms with van der Waals surface area (Å²) >= 11 is 0. The van der Waals surface area contributed by atoms with Crippen molar-refractivity contribution in [2.45, 2.75) is 6.92 Å². The molecule has 0 bridgehead atoms. The second kappa shape index (κ2) is 25.4. The molecule has 0 saturated carbocycles. The maximum Gasteiger partial charge on any atom is 0.200 e. The molecule has 3 aromatic heterocycles. The predicted octanol–water partition coefficient (Wildman–Crippen LogP) is 25.3. The van der Waals surface area contributed by atoms with Gasteiger partial charge in [0, 0.05) is 37.9 Å². The monoisotopic (exact) mass is 1570 g/mol. The molecule has 0 saturated heterocycles. The minimum absolute atomic E-state index is 0.301. The van der Waals surface area contributed by atoms with E-state index in [1.165, 1.54) is 0 Å². The van der Waals surface area contributed by atoms with Gasteiger partial charge in [-0.15, -0.1) is 0 Å². The van der Waals surface area contributed by atoms with Crippen molar-refractivity contribution in [2.75, 3.05) is 0 Å². The van der Waals surface area contributed by atoms with Gasteiger partial charge < -0.3 is 13.7 Å². The molecule has 0 unspecified atom stereocenters. The zero-order valence-corrected chi connectivity index (χ0v) is 53.9. The Kier molecular flexibility index (Phi) is 16.6. The molecule has 3 nitrogen and oxygen atoms in total. The Morgan fingerprint density at radius 1 is 0.153 bits per heavy atom. The third-order valence-corrected chi connectivity index (χ3v) is 19.2. The summed E-state index contributed by atoms with van der Waals surface area (Å²) in [4.78, 5) is 0. The van der Waals surface area contributed by atoms with Crippen LogP contribution in [0.15, 0.2) is 127 Å². The van der Waals surface area contributed by atoms with Gasteiger partial charge >= 0.3 is 0 Å². The van der Waals surface area contributed by atoms with Crippen molar-refractivity contribution in [1.82, 2.24) is 13.7 Å². The summed E-state index contributed by atoms with van der Waals surface area (Å²) in [6, 6.07) is 18.3. The zero-order chi connectivity index (χ0) is 79.5. The molecule has 32 heteroatoms. The average molecular weight is 1570 g/mol. The van der Waals surface area contributed by atoms with Gasteiger partial charge in [0.25, 0.3) is 0 Å². The quantitative estimate of drug-likeness (QED) is 0.0777. The molecular weight excluding hydrogens is 1540 g/mol. The molecule has 16 rings (SSSR count). The molecule has 0 radical (unpaired) electrons. The van der Waals surface area contributed by atoms with Gasteiger partial charge in [-0.2, -0.15) is 0 Å². The van der Waals surface area contributed by atoms with Gasteiger partial charge in [-0.3, -0.25) is 0 Å². The van der Waals surface area contributed by atoms with E-state index >= 15 is 105 Å². The Morgan fingerprint density at radius 2 is 0.279 bits per heavy atom. The summed E-state index contributed by atoms with van der Waals surface area (Å²) in [5, 5.41) is -2.74. The fourth-order valence-corrected chi connectivity index (χ4v) is 14.1. The molecular formula is C79H24F29N3. The summed E-state index contributed by atoms with van der Waals surface area (Å²) in [5.41, 5.74) is -18.8. The third-order valence-electron chi connectivity index (χ3n) is 19.2. The van der Waals surface area contributed by atoms with Crippen LogP contribution in [0.1, 0.15) is 5.56 Å². The largest absolute Gasteiger partial charge is 0.309 e. The number of rotatable bonds is 9. The number of hydrogen-bond donors (Lipinski definition) is 0. The van der Waals surface area contributed by atoms with Crippen LogP contribution in [0.4, 0.5) is 127 Å². The van der Waals surface area contributed by atoms with Crippen LogP contribution in [-0.2, 0) is 0 Å². The van der Waals surface area contributed by atoms with Crippen LogP contribution in [0.3, 0.4) is 0 Å². The molecule has 0 fully saturated rings. The van der Waals surface area contributed by atoms with Crippen LogP contribution in [0.2, 0.25) is 0 Å². The highest BCUT2D eigenvalue weighted by atomic mass is 19.2. The molecule has 0 aliphatic carbocycles. The van der Waals surface area contributed by atoms with Gasteiger partial charge in [-0.25, -0.2) is 127 Å². The summed E-state index contributed by atoms with van der Waals surface area (Å²) in [7, 11) is 0. The summed E-state index contributed by atoms with van der Waals surface area (Å²) < 4.78 is 450. The van der Waals surface area contributed by atoms with E-state index in [0.29, 0.717) is 6.92 Å². The molecule has 0 spiro atoms. The number of hydrogen-bond acceptors (Lipinski definition) is 0. The van der Waals surface area contributed by atoms with Gasteiger partial charge in [-0.05, 0) is 131 Å². The highest BCUT2D eigenvalue weighted by Crippen LogP contribution is 2.48. The molecule has 0 atom stereocenters. The maximum absolute atomic E-state index is 16.1. The van der Waals surface area contributed by atoms with Crippen LogP contribution >= 0.6 is 0 Å². The second-order valence-electron chi connectivity index (χ2n) is 25.1. The van der Waals surface area contributed by atoms with E-state index in [0.717, 1.165) is 141 Å². The Morgan fingerprint density at radius 3 is 0.423 bits per heavy atom. The highest BCUT2D eigenvalue weighted by molar-refractivity contribution is 6.15. The molecule has 13 aromatic carbocycles. The summed E-state index contributed by atoms with van der Waals surface area (Å²) in [6.07, 6.45) is 0. The molecule has 111 heavy (non-hydrogen) atoms. The summed E-state index contributed by atoms with van der Waals surface area (Å²) in [6.45, 7) is 0.672. The van der Waals surface area contributed by atoms with Gasteiger partial charge in [-0.1, -0.05) is 36.4 Å². The SMILES string of the molecule is Cc1c(F)c(F)c(-c2ccc3c(c2)c2cc(-c4c(F)c(F)c(F)c(F)c4F)ccc2n3-c2cc(-n3c4ccc(-c5c(F)c(F)c(F)c(F)c5F)cc4c4cc(-c5c(F)c(F)c(F)c(F)c5F)ccc43)cc(-n3c4ccc(-c5c(F)c(F)c(F)c(F)c5F)cc4c4cc(-c5c(F)c(F)c(F)c(F)c5F)ccc43)c2)c(F)c1F. The number of nitrogens with zero attached hydrogens (tertiary/aromatic N) is 3. The van der Waals surface area contributed by atoms with Crippen LogP contribution in [0, 0.1) is 176 Å². The molecule has 0 amide bonds. The van der Waals surface area contributed by atoms with Crippen molar-refractivity contribution in [3.63, 3.8) is 0 Å². The highest BCUT2D eigenvalue weighted by Gasteiger charge is 2.35. The molecule has 3 heterocycles. The van der Waals surface area contributed by atoms with E-state index in [9.17, 15) is 22.0 Å². The first-order valence-corrected chi connectivity index (χ1v) is 31.4. The van der Waals surface area contributed by atoms with Crippen LogP contribution in [0.5, 0.6) is 0 Å². The van der Waals surface area contributed by atoms with Crippen LogP contribution in [-0.4, -0.2) is 13.7 Å². The predicted molar refractivity (Wildman–Crippen MR) is 346 cm³/mol. The maximum atomic E-state index is 16.1. The Balaban J connectivity index is 1.07. The lowest BCUT2D eigenvalue weighted by molar-refractivity contribution is 0.381. The van der Waals surface area contributed by atoms with Crippen molar-refractivity contribution >= 4 is 65.4 Å². The fraction of sp³-hybridized carbons (Fsp3) is 0.0127. The molecule has 0 aliphatic heterocycles. The lowest BCUT2D eigenvalue weighted by atomic mass is 9.98. The van der Waals surface area contributed by atoms with Crippen molar-refractivity contribution in [1.29, 1.82) is 0 Å². The lowest BCUT2D eigenvalue weighted by Gasteiger charge is -2.18. The zero-order valence-electron chi connectivity index (χ0n) is 53.9. The minimum atomic E-state index is -2.63. The molecule has 558 valence electrons. The Hall–Kier alpha value is -12.8. The standard InChI is InChI=1S/C79H24F29N3/c1-23-51(80)53(82)45(54(83)52(23)81)24-2-8-39-33(14-24)34-15-25(46-55(84)65(94)75(104)66(95)56(46)85)3-9-40(34)109(39)30-20-31(110-41-10-4-26(47-57(86)67(96)76(105)68(97)58(47)87)16-35(41)36-17-27(5-11-42(36)110)48-59(88)69(98)77(106)70(99)60(48)89)22-32(21-30)111-43-12-6-28(49-61(90)71(100)78(107)72(101)62(49)91)18-37(43)38-19-29(7-13-44(38)111)50-63(92)73(102)79(108)74(103)64(50)93/h2-22H,1H3. The first kappa shape index (κ1) is 72.4. The molecule has 0 N–H and O–H groups in total. The van der Waals surface area contributed by atoms with Crippen LogP contribution in [0.25, 0.3) is 149 Å². The average Bonchev–Trinajstić information content (AvgIpc) is 1.57. The fourth-order valence-electron chi connectivity index (χ4n) is 14.1. The normalized spacial score (nSPS) is 12.1. The van der Waals surface area contributed by atoms with Gasteiger partial charge in [0.2, 0.25) is 29.1 Å². The topological polar surface area (TPSA) is 14.8 Å².